The van der Waals surface area contributed by atoms with Gasteiger partial charge in [-0.15, -0.1) is 0 Å². The minimum Gasteiger partial charge on any atom is -0.293 e. The van der Waals surface area contributed by atoms with Crippen molar-refractivity contribution in [2.24, 2.45) is 0 Å². The molecule has 0 unspecified atom stereocenters. The van der Waals surface area contributed by atoms with Gasteiger partial charge >= 0.3 is 0 Å². The van der Waals surface area contributed by atoms with Crippen molar-refractivity contribution in [1.29, 1.82) is 0 Å². The van der Waals surface area contributed by atoms with Gasteiger partial charge in [-0.05, 0) is 54.7 Å². The molecule has 4 nitrogen and oxygen atoms in total. The monoisotopic (exact) mass is 475 g/mol. The summed E-state index contributed by atoms with van der Waals surface area (Å²) < 4.78 is 2.52. The first kappa shape index (κ1) is 23.5. The SMILES string of the molecule is CCCCN1C(=O)C(=Cc2cn(-c3ccccc3)nc2-c2cc(C(C)C)ccc2C)SC1=S. The zero-order chi connectivity index (χ0) is 23.5. The van der Waals surface area contributed by atoms with Crippen LogP contribution in [0.25, 0.3) is 23.0 Å². The van der Waals surface area contributed by atoms with Crippen LogP contribution in [-0.4, -0.2) is 31.5 Å². The topological polar surface area (TPSA) is 38.1 Å². The summed E-state index contributed by atoms with van der Waals surface area (Å²) in [6.45, 7) is 9.28. The van der Waals surface area contributed by atoms with Crippen LogP contribution in [0.5, 0.6) is 0 Å². The lowest BCUT2D eigenvalue weighted by Crippen LogP contribution is -2.28. The third-order valence-electron chi connectivity index (χ3n) is 5.84. The molecule has 2 aromatic carbocycles. The molecule has 2 heterocycles. The van der Waals surface area contributed by atoms with Gasteiger partial charge in [-0.25, -0.2) is 4.68 Å². The molecule has 0 spiro atoms. The van der Waals surface area contributed by atoms with E-state index in [-0.39, 0.29) is 5.91 Å². The molecule has 6 heteroatoms. The van der Waals surface area contributed by atoms with E-state index in [1.807, 2.05) is 47.3 Å². The largest absolute Gasteiger partial charge is 0.293 e. The van der Waals surface area contributed by atoms with Crippen LogP contribution in [0.4, 0.5) is 0 Å². The summed E-state index contributed by atoms with van der Waals surface area (Å²) >= 11 is 6.89. The molecule has 0 bridgehead atoms. The van der Waals surface area contributed by atoms with Gasteiger partial charge < -0.3 is 0 Å². The second kappa shape index (κ2) is 10.1. The van der Waals surface area contributed by atoms with Gasteiger partial charge in [0.1, 0.15) is 10.0 Å². The highest BCUT2D eigenvalue weighted by Gasteiger charge is 2.32. The van der Waals surface area contributed by atoms with E-state index in [4.69, 9.17) is 17.3 Å². The van der Waals surface area contributed by atoms with Gasteiger partial charge in [0.25, 0.3) is 5.91 Å². The fraction of sp³-hybridized carbons (Fsp3) is 0.296. The molecule has 1 aliphatic heterocycles. The van der Waals surface area contributed by atoms with Gasteiger partial charge in [0.15, 0.2) is 0 Å². The molecule has 1 fully saturated rings. The van der Waals surface area contributed by atoms with Crippen molar-refractivity contribution in [2.45, 2.75) is 46.5 Å². The highest BCUT2D eigenvalue weighted by atomic mass is 32.2. The minimum absolute atomic E-state index is 0.00971. The predicted molar refractivity (Wildman–Crippen MR) is 143 cm³/mol. The number of para-hydroxylation sites is 1. The van der Waals surface area contributed by atoms with Crippen LogP contribution in [0.1, 0.15) is 56.2 Å². The number of carbonyl (C=O) groups excluding carboxylic acids is 1. The Bertz CT molecular complexity index is 1210. The summed E-state index contributed by atoms with van der Waals surface area (Å²) in [6.07, 6.45) is 5.92. The molecule has 33 heavy (non-hydrogen) atoms. The fourth-order valence-electron chi connectivity index (χ4n) is 3.82. The Labute approximate surface area is 205 Å². The molecule has 0 atom stereocenters. The Morgan fingerprint density at radius 2 is 1.91 bits per heavy atom. The van der Waals surface area contributed by atoms with Crippen LogP contribution in [0.15, 0.2) is 59.6 Å². The van der Waals surface area contributed by atoms with E-state index in [0.29, 0.717) is 21.7 Å². The maximum Gasteiger partial charge on any atom is 0.266 e. The van der Waals surface area contributed by atoms with Gasteiger partial charge in [-0.1, -0.05) is 81.5 Å². The molecule has 3 aromatic rings. The summed E-state index contributed by atoms with van der Waals surface area (Å²) in [4.78, 5) is 15.5. The molecule has 1 aliphatic rings. The van der Waals surface area contributed by atoms with E-state index in [0.717, 1.165) is 40.9 Å². The number of aromatic nitrogens is 2. The van der Waals surface area contributed by atoms with E-state index < -0.39 is 0 Å². The Kier molecular flexibility index (Phi) is 7.15. The molecule has 1 aromatic heterocycles. The van der Waals surface area contributed by atoms with Crippen LogP contribution in [-0.2, 0) is 4.79 Å². The first-order valence-corrected chi connectivity index (χ1v) is 12.6. The molecule has 0 N–H and O–H groups in total. The summed E-state index contributed by atoms with van der Waals surface area (Å²) in [6, 6.07) is 16.6. The molecule has 1 saturated heterocycles. The average molecular weight is 476 g/mol. The Morgan fingerprint density at radius 1 is 1.15 bits per heavy atom. The molecule has 4 rings (SSSR count). The van der Waals surface area contributed by atoms with Crippen molar-refractivity contribution in [3.63, 3.8) is 0 Å². The van der Waals surface area contributed by atoms with Crippen molar-refractivity contribution < 1.29 is 4.79 Å². The smallest absolute Gasteiger partial charge is 0.266 e. The number of hydrogen-bond donors (Lipinski definition) is 0. The predicted octanol–water partition coefficient (Wildman–Crippen LogP) is 6.97. The van der Waals surface area contributed by atoms with Crippen molar-refractivity contribution in [3.8, 4) is 16.9 Å². The van der Waals surface area contributed by atoms with Crippen LogP contribution < -0.4 is 0 Å². The number of amides is 1. The highest BCUT2D eigenvalue weighted by molar-refractivity contribution is 8.26. The van der Waals surface area contributed by atoms with Crippen molar-refractivity contribution in [1.82, 2.24) is 14.7 Å². The van der Waals surface area contributed by atoms with Crippen LogP contribution in [0.3, 0.4) is 0 Å². The normalized spacial score (nSPS) is 15.3. The van der Waals surface area contributed by atoms with Crippen molar-refractivity contribution in [2.75, 3.05) is 6.54 Å². The van der Waals surface area contributed by atoms with Crippen LogP contribution in [0, 0.1) is 6.92 Å². The lowest BCUT2D eigenvalue weighted by Gasteiger charge is -2.13. The molecule has 170 valence electrons. The van der Waals surface area contributed by atoms with Gasteiger partial charge in [-0.2, -0.15) is 5.10 Å². The second-order valence-corrected chi connectivity index (χ2v) is 10.3. The third-order valence-corrected chi connectivity index (χ3v) is 7.22. The number of thioether (sulfide) groups is 1. The van der Waals surface area contributed by atoms with E-state index in [1.54, 1.807) is 4.90 Å². The number of rotatable bonds is 7. The molecule has 0 radical (unpaired) electrons. The van der Waals surface area contributed by atoms with Crippen LogP contribution in [0.2, 0.25) is 0 Å². The zero-order valence-electron chi connectivity index (χ0n) is 19.5. The first-order valence-electron chi connectivity index (χ1n) is 11.4. The number of thiocarbonyl (C=S) groups is 1. The number of hydrogen-bond acceptors (Lipinski definition) is 4. The average Bonchev–Trinajstić information content (AvgIpc) is 3.34. The summed E-state index contributed by atoms with van der Waals surface area (Å²) in [5.74, 6) is 0.406. The first-order chi connectivity index (χ1) is 15.9. The number of nitrogens with zero attached hydrogens (tertiary/aromatic N) is 3. The van der Waals surface area contributed by atoms with Crippen molar-refractivity contribution in [3.05, 3.63) is 76.3 Å². The van der Waals surface area contributed by atoms with Gasteiger partial charge in [-0.3, -0.25) is 9.69 Å². The Morgan fingerprint density at radius 3 is 2.61 bits per heavy atom. The van der Waals surface area contributed by atoms with E-state index in [9.17, 15) is 4.79 Å². The summed E-state index contributed by atoms with van der Waals surface area (Å²) in [5, 5.41) is 4.97. The number of unbranched alkanes of at least 4 members (excludes halogenated alkanes) is 1. The van der Waals surface area contributed by atoms with Gasteiger partial charge in [0.2, 0.25) is 0 Å². The molecular weight excluding hydrogens is 446 g/mol. The minimum atomic E-state index is -0.00971. The summed E-state index contributed by atoms with van der Waals surface area (Å²) in [5.41, 5.74) is 6.27. The fourth-order valence-corrected chi connectivity index (χ4v) is 5.12. The maximum absolute atomic E-state index is 13.1. The Hall–Kier alpha value is -2.70. The van der Waals surface area contributed by atoms with Gasteiger partial charge in [0, 0.05) is 23.9 Å². The third kappa shape index (κ3) is 4.97. The number of aryl methyl sites for hydroxylation is 1. The van der Waals surface area contributed by atoms with E-state index >= 15 is 0 Å². The molecular formula is C27H29N3OS2. The molecule has 0 saturated carbocycles. The lowest BCUT2D eigenvalue weighted by molar-refractivity contribution is -0.122. The maximum atomic E-state index is 13.1. The zero-order valence-corrected chi connectivity index (χ0v) is 21.2. The quantitative estimate of drug-likeness (QED) is 0.273. The van der Waals surface area contributed by atoms with Crippen molar-refractivity contribution >= 4 is 40.3 Å². The van der Waals surface area contributed by atoms with Gasteiger partial charge in [0.05, 0.1) is 10.6 Å². The van der Waals surface area contributed by atoms with Crippen LogP contribution >= 0.6 is 24.0 Å². The molecule has 1 amide bonds. The lowest BCUT2D eigenvalue weighted by atomic mass is 9.95. The summed E-state index contributed by atoms with van der Waals surface area (Å²) in [7, 11) is 0. The van der Waals surface area contributed by atoms with E-state index in [2.05, 4.69) is 45.9 Å². The highest BCUT2D eigenvalue weighted by Crippen LogP contribution is 2.36. The number of carbonyl (C=O) groups is 1. The standard InChI is InChI=1S/C27H29N3OS2/c1-5-6-14-29-26(31)24(33-27(29)32)16-21-17-30(22-10-8-7-9-11-22)28-25(21)23-15-20(18(2)3)13-12-19(23)4/h7-13,15-18H,5-6,14H2,1-4H3. The van der Waals surface area contributed by atoms with E-state index in [1.165, 1.54) is 17.3 Å². The second-order valence-electron chi connectivity index (χ2n) is 8.63. The Balaban J connectivity index is 1.82. The molecule has 0 aliphatic carbocycles. The number of benzene rings is 2.